The van der Waals surface area contributed by atoms with Crippen LogP contribution in [0.4, 0.5) is 28.4 Å². The zero-order chi connectivity index (χ0) is 35.3. The highest BCUT2D eigenvalue weighted by atomic mass is 16.3. The van der Waals surface area contributed by atoms with Gasteiger partial charge in [-0.3, -0.25) is 0 Å². The highest BCUT2D eigenvalue weighted by Gasteiger charge is 2.41. The lowest BCUT2D eigenvalue weighted by Gasteiger charge is -2.46. The standard InChI is InChI=1S/C49H34BN2O/c1-49(2)36-19-9-10-23-41(36)52-42-29-32(30-14-4-3-5-15-30)28-35(47(42)50-38-21-12-20-37(49)48(38)52)45-33-17-7-6-16-31(33)26-27-40(45)51-39-22-13-25-44-46(39)34-18-8-11-24-43(34)53-44/h3-29,51H,1-2H3. The number of furan rings is 1. The Kier molecular flexibility index (Phi) is 6.39. The minimum Gasteiger partial charge on any atom is -0.456 e. The summed E-state index contributed by atoms with van der Waals surface area (Å²) >= 11 is 0. The number of nitrogens with one attached hydrogen (secondary N) is 1. The van der Waals surface area contributed by atoms with E-state index in [0.29, 0.717) is 0 Å². The van der Waals surface area contributed by atoms with Crippen molar-refractivity contribution >= 4 is 79.4 Å². The van der Waals surface area contributed by atoms with Gasteiger partial charge < -0.3 is 14.6 Å². The average molecular weight is 678 g/mol. The molecule has 53 heavy (non-hydrogen) atoms. The number of benzene rings is 8. The second kappa shape index (κ2) is 11.2. The van der Waals surface area contributed by atoms with Crippen molar-refractivity contribution in [1.82, 2.24) is 0 Å². The van der Waals surface area contributed by atoms with E-state index in [0.717, 1.165) is 33.3 Å². The fourth-order valence-corrected chi connectivity index (χ4v) is 8.97. The monoisotopic (exact) mass is 677 g/mol. The number of anilines is 5. The van der Waals surface area contributed by atoms with Crippen LogP contribution in [0.3, 0.4) is 0 Å². The van der Waals surface area contributed by atoms with Crippen LogP contribution in [-0.4, -0.2) is 7.28 Å². The third-order valence-corrected chi connectivity index (χ3v) is 11.5. The van der Waals surface area contributed by atoms with Gasteiger partial charge in [-0.1, -0.05) is 141 Å². The van der Waals surface area contributed by atoms with E-state index in [1.165, 1.54) is 72.1 Å². The summed E-state index contributed by atoms with van der Waals surface area (Å²) in [5.41, 5.74) is 17.2. The Morgan fingerprint density at radius 1 is 0.566 bits per heavy atom. The molecule has 0 amide bonds. The molecule has 3 nitrogen and oxygen atoms in total. The van der Waals surface area contributed by atoms with Crippen LogP contribution in [0.2, 0.25) is 0 Å². The van der Waals surface area contributed by atoms with E-state index in [9.17, 15) is 0 Å². The highest BCUT2D eigenvalue weighted by Crippen LogP contribution is 2.53. The lowest BCUT2D eigenvalue weighted by Crippen LogP contribution is -2.45. The predicted octanol–water partition coefficient (Wildman–Crippen LogP) is 11.9. The summed E-state index contributed by atoms with van der Waals surface area (Å²) in [6, 6.07) is 59.2. The van der Waals surface area contributed by atoms with Crippen molar-refractivity contribution in [3.05, 3.63) is 175 Å². The molecular formula is C49H34BN2O. The van der Waals surface area contributed by atoms with Gasteiger partial charge in [0.1, 0.15) is 11.2 Å². The first-order chi connectivity index (χ1) is 26.0. The molecule has 0 atom stereocenters. The van der Waals surface area contributed by atoms with Crippen LogP contribution in [-0.2, 0) is 5.41 Å². The topological polar surface area (TPSA) is 28.4 Å². The molecule has 0 saturated heterocycles. The number of hydrogen-bond donors (Lipinski definition) is 1. The third-order valence-electron chi connectivity index (χ3n) is 11.5. The SMILES string of the molecule is CC1(C)c2ccccc2N2c3cc(-c4ccccc4)cc(-c4c(Nc5cccc6oc7ccccc7c56)ccc5ccccc45)c3[B]c3cccc1c32. The molecule has 1 N–H and O–H groups in total. The average Bonchev–Trinajstić information content (AvgIpc) is 3.59. The lowest BCUT2D eigenvalue weighted by atomic mass is 9.55. The summed E-state index contributed by atoms with van der Waals surface area (Å²) in [7, 11) is 2.43. The van der Waals surface area contributed by atoms with Crippen LogP contribution in [0.5, 0.6) is 0 Å². The summed E-state index contributed by atoms with van der Waals surface area (Å²) in [4.78, 5) is 2.53. The van der Waals surface area contributed by atoms with E-state index < -0.39 is 0 Å². The van der Waals surface area contributed by atoms with Gasteiger partial charge in [0.25, 0.3) is 0 Å². The molecule has 0 saturated carbocycles. The molecule has 4 heteroatoms. The number of nitrogens with zero attached hydrogens (tertiary/aromatic N) is 1. The van der Waals surface area contributed by atoms with E-state index in [1.54, 1.807) is 0 Å². The second-order valence-corrected chi connectivity index (χ2v) is 14.8. The Morgan fingerprint density at radius 3 is 2.21 bits per heavy atom. The molecule has 3 heterocycles. The smallest absolute Gasteiger partial charge is 0.197 e. The molecule has 0 aliphatic carbocycles. The Morgan fingerprint density at radius 2 is 1.30 bits per heavy atom. The molecule has 8 aromatic carbocycles. The van der Waals surface area contributed by atoms with Gasteiger partial charge in [0.15, 0.2) is 7.28 Å². The van der Waals surface area contributed by atoms with E-state index in [4.69, 9.17) is 4.42 Å². The summed E-state index contributed by atoms with van der Waals surface area (Å²) in [5.74, 6) is 0. The van der Waals surface area contributed by atoms with Crippen LogP contribution in [0.25, 0.3) is 55.0 Å². The largest absolute Gasteiger partial charge is 0.456 e. The minimum absolute atomic E-state index is 0.144. The van der Waals surface area contributed by atoms with Crippen molar-refractivity contribution in [3.8, 4) is 22.3 Å². The quantitative estimate of drug-likeness (QED) is 0.188. The molecule has 2 aliphatic heterocycles. The molecule has 9 aromatic rings. The van der Waals surface area contributed by atoms with Gasteiger partial charge in [-0.2, -0.15) is 0 Å². The van der Waals surface area contributed by atoms with Gasteiger partial charge in [0.2, 0.25) is 0 Å². The Balaban J connectivity index is 1.22. The molecule has 0 unspecified atom stereocenters. The van der Waals surface area contributed by atoms with Crippen molar-refractivity contribution in [2.75, 3.05) is 10.2 Å². The van der Waals surface area contributed by atoms with Crippen LogP contribution >= 0.6 is 0 Å². The first-order valence-electron chi connectivity index (χ1n) is 18.4. The Labute approximate surface area is 309 Å². The first kappa shape index (κ1) is 30.1. The molecule has 0 spiro atoms. The van der Waals surface area contributed by atoms with Crippen LogP contribution < -0.4 is 21.1 Å². The van der Waals surface area contributed by atoms with Gasteiger partial charge in [0.05, 0.1) is 16.8 Å². The summed E-state index contributed by atoms with van der Waals surface area (Å²) in [6.45, 7) is 4.72. The summed E-state index contributed by atoms with van der Waals surface area (Å²) in [6.07, 6.45) is 0. The predicted molar refractivity (Wildman–Crippen MR) is 224 cm³/mol. The molecule has 11 rings (SSSR count). The van der Waals surface area contributed by atoms with Crippen molar-refractivity contribution in [3.63, 3.8) is 0 Å². The molecule has 1 aromatic heterocycles. The molecule has 2 aliphatic rings. The van der Waals surface area contributed by atoms with E-state index in [-0.39, 0.29) is 5.41 Å². The summed E-state index contributed by atoms with van der Waals surface area (Å²) in [5, 5.41) is 8.53. The maximum Gasteiger partial charge on any atom is 0.197 e. The highest BCUT2D eigenvalue weighted by molar-refractivity contribution is 6.73. The summed E-state index contributed by atoms with van der Waals surface area (Å²) < 4.78 is 6.32. The fraction of sp³-hybridized carbons (Fsp3) is 0.0612. The maximum absolute atomic E-state index is 6.32. The molecule has 0 bridgehead atoms. The molecule has 0 fully saturated rings. The fourth-order valence-electron chi connectivity index (χ4n) is 8.97. The zero-order valence-electron chi connectivity index (χ0n) is 29.5. The number of rotatable bonds is 4. The van der Waals surface area contributed by atoms with Crippen LogP contribution in [0, 0.1) is 0 Å². The van der Waals surface area contributed by atoms with Crippen LogP contribution in [0.15, 0.2) is 168 Å². The van der Waals surface area contributed by atoms with Crippen LogP contribution in [0.1, 0.15) is 25.0 Å². The first-order valence-corrected chi connectivity index (χ1v) is 18.4. The molecule has 1 radical (unpaired) electrons. The van der Waals surface area contributed by atoms with Gasteiger partial charge in [-0.25, -0.2) is 0 Å². The van der Waals surface area contributed by atoms with Gasteiger partial charge >= 0.3 is 0 Å². The molecule has 249 valence electrons. The van der Waals surface area contributed by atoms with Crippen molar-refractivity contribution in [2.45, 2.75) is 19.3 Å². The number of para-hydroxylation sites is 3. The zero-order valence-corrected chi connectivity index (χ0v) is 29.5. The third kappa shape index (κ3) is 4.42. The normalized spacial score (nSPS) is 13.7. The van der Waals surface area contributed by atoms with Gasteiger partial charge in [-0.15, -0.1) is 0 Å². The molecular weight excluding hydrogens is 643 g/mol. The minimum atomic E-state index is -0.144. The van der Waals surface area contributed by atoms with Crippen molar-refractivity contribution in [2.24, 2.45) is 0 Å². The van der Waals surface area contributed by atoms with Crippen molar-refractivity contribution in [1.29, 1.82) is 0 Å². The van der Waals surface area contributed by atoms with Gasteiger partial charge in [-0.05, 0) is 86.5 Å². The van der Waals surface area contributed by atoms with Gasteiger partial charge in [0, 0.05) is 33.4 Å². The maximum atomic E-state index is 6.32. The second-order valence-electron chi connectivity index (χ2n) is 14.8. The van der Waals surface area contributed by atoms with E-state index >= 15 is 0 Å². The number of hydrogen-bond acceptors (Lipinski definition) is 3. The van der Waals surface area contributed by atoms with Crippen molar-refractivity contribution < 1.29 is 4.42 Å². The van der Waals surface area contributed by atoms with E-state index in [2.05, 4.69) is 183 Å². The Bertz CT molecular complexity index is 2940. The lowest BCUT2D eigenvalue weighted by molar-refractivity contribution is 0.632. The van der Waals surface area contributed by atoms with E-state index in [1.807, 2.05) is 12.1 Å². The number of fused-ring (bicyclic) bond motifs is 8. The Hall–Kier alpha value is -6.52.